The molecule has 1 saturated carbocycles. The fourth-order valence-electron chi connectivity index (χ4n) is 3.18. The summed E-state index contributed by atoms with van der Waals surface area (Å²) in [5, 5.41) is 7.97. The maximum atomic E-state index is 11.7. The molecule has 2 rings (SSSR count). The van der Waals surface area contributed by atoms with E-state index in [1.54, 1.807) is 4.57 Å². The summed E-state index contributed by atoms with van der Waals surface area (Å²) in [5.74, 6) is 1.10. The van der Waals surface area contributed by atoms with Gasteiger partial charge in [0.15, 0.2) is 0 Å². The normalized spacial score (nSPS) is 18.9. The number of nitrogens with zero attached hydrogens (tertiary/aromatic N) is 3. The standard InChI is InChI=1S/C13H22ClN3O2S/c1-4-13(7-5-6-8-13)11-15-16-12(20(14,18)19)17(11)9-10(2)3/h10H,4-9H2,1-3H3. The molecule has 20 heavy (non-hydrogen) atoms. The van der Waals surface area contributed by atoms with Crippen molar-refractivity contribution < 1.29 is 8.42 Å². The summed E-state index contributed by atoms with van der Waals surface area (Å²) in [7, 11) is 1.64. The lowest BCUT2D eigenvalue weighted by molar-refractivity contribution is 0.358. The van der Waals surface area contributed by atoms with E-state index in [1.165, 1.54) is 0 Å². The third-order valence-electron chi connectivity index (χ3n) is 4.19. The average Bonchev–Trinajstić information content (AvgIpc) is 2.93. The van der Waals surface area contributed by atoms with Gasteiger partial charge in [-0.1, -0.05) is 33.6 Å². The Morgan fingerprint density at radius 3 is 2.35 bits per heavy atom. The topological polar surface area (TPSA) is 64.8 Å². The van der Waals surface area contributed by atoms with Gasteiger partial charge in [0, 0.05) is 22.6 Å². The maximum absolute atomic E-state index is 11.7. The molecule has 114 valence electrons. The van der Waals surface area contributed by atoms with Crippen molar-refractivity contribution in [2.45, 2.75) is 70.0 Å². The van der Waals surface area contributed by atoms with Gasteiger partial charge in [0.25, 0.3) is 14.2 Å². The summed E-state index contributed by atoms with van der Waals surface area (Å²) < 4.78 is 25.1. The molecular formula is C13H22ClN3O2S. The zero-order valence-corrected chi connectivity index (χ0v) is 13.8. The molecule has 1 aliphatic rings. The predicted octanol–water partition coefficient (Wildman–Crippen LogP) is 3.08. The average molecular weight is 320 g/mol. The number of hydrogen-bond acceptors (Lipinski definition) is 4. The Balaban J connectivity index is 2.56. The van der Waals surface area contributed by atoms with Gasteiger partial charge in [-0.3, -0.25) is 0 Å². The summed E-state index contributed by atoms with van der Waals surface area (Å²) in [6.07, 6.45) is 5.35. The summed E-state index contributed by atoms with van der Waals surface area (Å²) in [4.78, 5) is 0. The van der Waals surface area contributed by atoms with E-state index in [9.17, 15) is 8.42 Å². The first-order valence-corrected chi connectivity index (χ1v) is 9.49. The number of rotatable bonds is 5. The van der Waals surface area contributed by atoms with Crippen LogP contribution in [-0.4, -0.2) is 23.2 Å². The molecule has 0 aromatic carbocycles. The molecule has 0 aliphatic heterocycles. The predicted molar refractivity (Wildman–Crippen MR) is 78.3 cm³/mol. The highest BCUT2D eigenvalue weighted by Gasteiger charge is 2.40. The van der Waals surface area contributed by atoms with Gasteiger partial charge in [0.1, 0.15) is 5.82 Å². The van der Waals surface area contributed by atoms with Gasteiger partial charge in [-0.15, -0.1) is 10.2 Å². The molecule has 0 unspecified atom stereocenters. The third kappa shape index (κ3) is 2.86. The highest BCUT2D eigenvalue weighted by atomic mass is 35.7. The molecule has 0 amide bonds. The van der Waals surface area contributed by atoms with Crippen LogP contribution in [0.2, 0.25) is 0 Å². The minimum Gasteiger partial charge on any atom is -0.300 e. The quantitative estimate of drug-likeness (QED) is 0.782. The van der Waals surface area contributed by atoms with Crippen molar-refractivity contribution in [3.8, 4) is 0 Å². The molecule has 0 radical (unpaired) electrons. The van der Waals surface area contributed by atoms with Gasteiger partial charge in [0.2, 0.25) is 0 Å². The Kier molecular flexibility index (Phi) is 4.44. The SMILES string of the molecule is CCC1(c2nnc(S(=O)(=O)Cl)n2CC(C)C)CCCC1. The largest absolute Gasteiger partial charge is 0.300 e. The van der Waals surface area contributed by atoms with Crippen LogP contribution in [0.3, 0.4) is 0 Å². The van der Waals surface area contributed by atoms with Crippen molar-refractivity contribution >= 4 is 19.7 Å². The van der Waals surface area contributed by atoms with Crippen LogP contribution in [0, 0.1) is 5.92 Å². The highest BCUT2D eigenvalue weighted by molar-refractivity contribution is 8.13. The minimum atomic E-state index is -3.86. The van der Waals surface area contributed by atoms with Crippen molar-refractivity contribution in [3.05, 3.63) is 5.82 Å². The molecule has 1 aromatic heterocycles. The molecule has 0 bridgehead atoms. The second-order valence-corrected chi connectivity index (χ2v) is 8.55. The van der Waals surface area contributed by atoms with Crippen molar-refractivity contribution in [2.75, 3.05) is 0 Å². The van der Waals surface area contributed by atoms with E-state index >= 15 is 0 Å². The van der Waals surface area contributed by atoms with E-state index < -0.39 is 9.05 Å². The lowest BCUT2D eigenvalue weighted by atomic mass is 9.82. The van der Waals surface area contributed by atoms with Crippen molar-refractivity contribution in [1.82, 2.24) is 14.8 Å². The van der Waals surface area contributed by atoms with Crippen LogP contribution >= 0.6 is 10.7 Å². The second-order valence-electron chi connectivity index (χ2n) is 6.09. The molecule has 0 atom stereocenters. The van der Waals surface area contributed by atoms with Crippen molar-refractivity contribution in [1.29, 1.82) is 0 Å². The van der Waals surface area contributed by atoms with Crippen molar-refractivity contribution in [2.24, 2.45) is 5.92 Å². The number of aromatic nitrogens is 3. The fourth-order valence-corrected chi connectivity index (χ4v) is 4.08. The van der Waals surface area contributed by atoms with Gasteiger partial charge in [-0.05, 0) is 25.2 Å². The molecule has 1 heterocycles. The molecule has 0 saturated heterocycles. The molecule has 1 aromatic rings. The van der Waals surface area contributed by atoms with E-state index in [1.807, 2.05) is 13.8 Å². The lowest BCUT2D eigenvalue weighted by Crippen LogP contribution is -2.27. The Bertz CT molecular complexity index is 574. The zero-order valence-electron chi connectivity index (χ0n) is 12.3. The molecule has 5 nitrogen and oxygen atoms in total. The van der Waals surface area contributed by atoms with Crippen LogP contribution in [-0.2, 0) is 21.0 Å². The fraction of sp³-hybridized carbons (Fsp3) is 0.846. The van der Waals surface area contributed by atoms with Gasteiger partial charge < -0.3 is 4.57 Å². The van der Waals surface area contributed by atoms with Gasteiger partial charge >= 0.3 is 0 Å². The summed E-state index contributed by atoms with van der Waals surface area (Å²) in [5.41, 5.74) is -0.0400. The van der Waals surface area contributed by atoms with Crippen molar-refractivity contribution in [3.63, 3.8) is 0 Å². The van der Waals surface area contributed by atoms with E-state index in [0.29, 0.717) is 12.5 Å². The van der Waals surface area contributed by atoms with Gasteiger partial charge in [0.05, 0.1) is 0 Å². The summed E-state index contributed by atoms with van der Waals surface area (Å²) in [6, 6.07) is 0. The van der Waals surface area contributed by atoms with Crippen LogP contribution in [0.1, 0.15) is 58.7 Å². The van der Waals surface area contributed by atoms with Crippen LogP contribution in [0.4, 0.5) is 0 Å². The van der Waals surface area contributed by atoms with Gasteiger partial charge in [-0.25, -0.2) is 8.42 Å². The van der Waals surface area contributed by atoms with E-state index in [4.69, 9.17) is 10.7 Å². The minimum absolute atomic E-state index is 0.0400. The first-order chi connectivity index (χ1) is 9.30. The first kappa shape index (κ1) is 15.8. The van der Waals surface area contributed by atoms with E-state index in [2.05, 4.69) is 17.1 Å². The Labute approximate surface area is 125 Å². The Morgan fingerprint density at radius 2 is 1.90 bits per heavy atom. The van der Waals surface area contributed by atoms with Crippen LogP contribution in [0.5, 0.6) is 0 Å². The van der Waals surface area contributed by atoms with Crippen LogP contribution < -0.4 is 0 Å². The Morgan fingerprint density at radius 1 is 1.30 bits per heavy atom. The molecular weight excluding hydrogens is 298 g/mol. The van der Waals surface area contributed by atoms with E-state index in [-0.39, 0.29) is 10.6 Å². The molecule has 7 heteroatoms. The third-order valence-corrected chi connectivity index (χ3v) is 5.35. The zero-order chi connectivity index (χ0) is 15.0. The number of halogens is 1. The molecule has 1 fully saturated rings. The lowest BCUT2D eigenvalue weighted by Gasteiger charge is -2.27. The molecule has 0 N–H and O–H groups in total. The maximum Gasteiger partial charge on any atom is 0.296 e. The molecule has 0 spiro atoms. The van der Waals surface area contributed by atoms with Crippen LogP contribution in [0.25, 0.3) is 0 Å². The monoisotopic (exact) mass is 319 g/mol. The smallest absolute Gasteiger partial charge is 0.296 e. The van der Waals surface area contributed by atoms with Gasteiger partial charge in [-0.2, -0.15) is 0 Å². The van der Waals surface area contributed by atoms with E-state index in [0.717, 1.165) is 37.9 Å². The summed E-state index contributed by atoms with van der Waals surface area (Å²) in [6.45, 7) is 6.79. The van der Waals surface area contributed by atoms with Crippen LogP contribution in [0.15, 0.2) is 5.16 Å². The second kappa shape index (κ2) is 5.64. The highest BCUT2D eigenvalue weighted by Crippen LogP contribution is 2.43. The summed E-state index contributed by atoms with van der Waals surface area (Å²) >= 11 is 0. The number of hydrogen-bond donors (Lipinski definition) is 0. The molecule has 1 aliphatic carbocycles. The Hall–Kier alpha value is -0.620. The first-order valence-electron chi connectivity index (χ1n) is 7.18.